The molecule has 0 radical (unpaired) electrons. The number of hydrogen-bond acceptors (Lipinski definition) is 4. The second-order valence-corrected chi connectivity index (χ2v) is 2.82. The molecule has 0 saturated carbocycles. The van der Waals surface area contributed by atoms with E-state index < -0.39 is 5.97 Å². The lowest BCUT2D eigenvalue weighted by Gasteiger charge is -2.15. The van der Waals surface area contributed by atoms with Gasteiger partial charge in [-0.05, 0) is 6.92 Å². The fraction of sp³-hybridized carbons (Fsp3) is 0.625. The lowest BCUT2D eigenvalue weighted by Crippen LogP contribution is -2.42. The van der Waals surface area contributed by atoms with Crippen molar-refractivity contribution in [1.29, 1.82) is 5.41 Å². The number of nitrogens with two attached hydrogens (primary N) is 1. The molecule has 0 bridgehead atoms. The molecule has 0 saturated heterocycles. The molecule has 0 aromatic heterocycles. The standard InChI is InChI=1S/C8H16N4O3/c1-3-15-7(14)4-11-6(13)5-12(2)8(9)10/h3-5H2,1-2H3,(H3,9,10)(H,11,13). The lowest BCUT2D eigenvalue weighted by atomic mass is 10.5. The van der Waals surface area contributed by atoms with Crippen molar-refractivity contribution in [1.82, 2.24) is 10.2 Å². The Morgan fingerprint density at radius 3 is 2.60 bits per heavy atom. The summed E-state index contributed by atoms with van der Waals surface area (Å²) in [6.45, 7) is 1.73. The van der Waals surface area contributed by atoms with Crippen molar-refractivity contribution in [3.8, 4) is 0 Å². The summed E-state index contributed by atoms with van der Waals surface area (Å²) < 4.78 is 4.61. The topological polar surface area (TPSA) is 109 Å². The first-order chi connectivity index (χ1) is 6.97. The highest BCUT2D eigenvalue weighted by Crippen LogP contribution is 1.80. The van der Waals surface area contributed by atoms with Crippen molar-refractivity contribution in [3.63, 3.8) is 0 Å². The Morgan fingerprint density at radius 1 is 1.53 bits per heavy atom. The maximum Gasteiger partial charge on any atom is 0.325 e. The van der Waals surface area contributed by atoms with Crippen LogP contribution in [0.4, 0.5) is 0 Å². The van der Waals surface area contributed by atoms with Crippen LogP contribution in [0.2, 0.25) is 0 Å². The summed E-state index contributed by atoms with van der Waals surface area (Å²) in [5, 5.41) is 9.35. The van der Waals surface area contributed by atoms with E-state index in [0.29, 0.717) is 0 Å². The Kier molecular flexibility index (Phi) is 5.84. The highest BCUT2D eigenvalue weighted by Gasteiger charge is 2.09. The van der Waals surface area contributed by atoms with Gasteiger partial charge in [-0.2, -0.15) is 0 Å². The highest BCUT2D eigenvalue weighted by atomic mass is 16.5. The number of guanidine groups is 1. The summed E-state index contributed by atoms with van der Waals surface area (Å²) in [6, 6.07) is 0. The van der Waals surface area contributed by atoms with Crippen LogP contribution in [0.15, 0.2) is 0 Å². The third-order valence-electron chi connectivity index (χ3n) is 1.53. The van der Waals surface area contributed by atoms with Crippen LogP contribution in [0.1, 0.15) is 6.92 Å². The molecule has 0 spiro atoms. The van der Waals surface area contributed by atoms with Crippen molar-refractivity contribution in [3.05, 3.63) is 0 Å². The van der Waals surface area contributed by atoms with Crippen molar-refractivity contribution >= 4 is 17.8 Å². The molecule has 0 aliphatic rings. The molecule has 0 aliphatic heterocycles. The molecule has 86 valence electrons. The van der Waals surface area contributed by atoms with Gasteiger partial charge in [0.2, 0.25) is 5.91 Å². The van der Waals surface area contributed by atoms with Gasteiger partial charge in [0.1, 0.15) is 6.54 Å². The molecular formula is C8H16N4O3. The van der Waals surface area contributed by atoms with Crippen molar-refractivity contribution < 1.29 is 14.3 Å². The van der Waals surface area contributed by atoms with Crippen LogP contribution in [-0.4, -0.2) is 49.5 Å². The summed E-state index contributed by atoms with van der Waals surface area (Å²) in [4.78, 5) is 23.3. The van der Waals surface area contributed by atoms with Gasteiger partial charge < -0.3 is 20.7 Å². The summed E-state index contributed by atoms with van der Waals surface area (Å²) in [5.74, 6) is -1.08. The Balaban J connectivity index is 3.75. The van der Waals surface area contributed by atoms with Gasteiger partial charge in [0.05, 0.1) is 13.2 Å². The third kappa shape index (κ3) is 6.30. The summed E-state index contributed by atoms with van der Waals surface area (Å²) >= 11 is 0. The second kappa shape index (κ2) is 6.63. The Labute approximate surface area is 88.1 Å². The molecule has 15 heavy (non-hydrogen) atoms. The summed E-state index contributed by atoms with van der Waals surface area (Å²) in [5.41, 5.74) is 5.13. The minimum absolute atomic E-state index is 0.0608. The molecule has 0 fully saturated rings. The minimum Gasteiger partial charge on any atom is -0.465 e. The van der Waals surface area contributed by atoms with E-state index in [1.807, 2.05) is 0 Å². The van der Waals surface area contributed by atoms with Gasteiger partial charge in [-0.15, -0.1) is 0 Å². The van der Waals surface area contributed by atoms with Crippen LogP contribution < -0.4 is 11.1 Å². The van der Waals surface area contributed by atoms with E-state index in [2.05, 4.69) is 10.1 Å². The molecular weight excluding hydrogens is 200 g/mol. The Morgan fingerprint density at radius 2 is 2.13 bits per heavy atom. The van der Waals surface area contributed by atoms with Crippen LogP contribution in [-0.2, 0) is 14.3 Å². The highest BCUT2D eigenvalue weighted by molar-refractivity contribution is 5.86. The quantitative estimate of drug-likeness (QED) is 0.294. The molecule has 0 atom stereocenters. The van der Waals surface area contributed by atoms with E-state index in [0.717, 1.165) is 0 Å². The molecule has 0 aromatic carbocycles. The van der Waals surface area contributed by atoms with Gasteiger partial charge in [-0.3, -0.25) is 15.0 Å². The molecule has 7 heteroatoms. The van der Waals surface area contributed by atoms with E-state index in [-0.39, 0.29) is 31.6 Å². The fourth-order valence-corrected chi connectivity index (χ4v) is 0.739. The van der Waals surface area contributed by atoms with Crippen LogP contribution in [0.25, 0.3) is 0 Å². The number of ether oxygens (including phenoxy) is 1. The zero-order valence-corrected chi connectivity index (χ0v) is 8.87. The smallest absolute Gasteiger partial charge is 0.325 e. The number of amides is 1. The first-order valence-electron chi connectivity index (χ1n) is 4.44. The van der Waals surface area contributed by atoms with Crippen LogP contribution in [0.5, 0.6) is 0 Å². The van der Waals surface area contributed by atoms with Gasteiger partial charge in [0.15, 0.2) is 5.96 Å². The average molecular weight is 216 g/mol. The number of likely N-dealkylation sites (N-methyl/N-ethyl adjacent to an activating group) is 1. The van der Waals surface area contributed by atoms with Crippen molar-refractivity contribution in [2.75, 3.05) is 26.7 Å². The van der Waals surface area contributed by atoms with Gasteiger partial charge in [0, 0.05) is 7.05 Å². The summed E-state index contributed by atoms with van der Waals surface area (Å²) in [7, 11) is 1.51. The van der Waals surface area contributed by atoms with Gasteiger partial charge in [-0.25, -0.2) is 0 Å². The molecule has 1 amide bonds. The maximum absolute atomic E-state index is 11.2. The van der Waals surface area contributed by atoms with Crippen molar-refractivity contribution in [2.24, 2.45) is 5.73 Å². The van der Waals surface area contributed by atoms with Gasteiger partial charge >= 0.3 is 5.97 Å². The number of nitrogens with zero attached hydrogens (tertiary/aromatic N) is 1. The number of carbonyl (C=O) groups is 2. The van der Waals surface area contributed by atoms with Gasteiger partial charge in [-0.1, -0.05) is 0 Å². The predicted molar refractivity (Wildman–Crippen MR) is 54.2 cm³/mol. The SMILES string of the molecule is CCOC(=O)CNC(=O)CN(C)C(=N)N. The normalized spacial score (nSPS) is 9.20. The average Bonchev–Trinajstić information content (AvgIpc) is 2.15. The minimum atomic E-state index is -0.490. The van der Waals surface area contributed by atoms with E-state index in [1.165, 1.54) is 11.9 Å². The van der Waals surface area contributed by atoms with Gasteiger partial charge in [0.25, 0.3) is 0 Å². The van der Waals surface area contributed by atoms with E-state index in [4.69, 9.17) is 11.1 Å². The molecule has 0 aliphatic carbocycles. The molecule has 4 N–H and O–H groups in total. The predicted octanol–water partition coefficient (Wildman–Crippen LogP) is -1.51. The zero-order chi connectivity index (χ0) is 11.8. The number of carbonyl (C=O) groups excluding carboxylic acids is 2. The second-order valence-electron chi connectivity index (χ2n) is 2.82. The maximum atomic E-state index is 11.2. The van der Waals surface area contributed by atoms with E-state index in [9.17, 15) is 9.59 Å². The lowest BCUT2D eigenvalue weighted by molar-refractivity contribution is -0.143. The number of rotatable bonds is 5. The molecule has 0 aromatic rings. The van der Waals surface area contributed by atoms with E-state index >= 15 is 0 Å². The number of hydrogen-bond donors (Lipinski definition) is 3. The Hall–Kier alpha value is -1.79. The van der Waals surface area contributed by atoms with Crippen LogP contribution in [0, 0.1) is 5.41 Å². The molecule has 0 heterocycles. The first kappa shape index (κ1) is 13.2. The number of esters is 1. The molecule has 7 nitrogen and oxygen atoms in total. The molecule has 0 rings (SSSR count). The third-order valence-corrected chi connectivity index (χ3v) is 1.53. The van der Waals surface area contributed by atoms with Crippen LogP contribution in [0.3, 0.4) is 0 Å². The zero-order valence-electron chi connectivity index (χ0n) is 8.87. The van der Waals surface area contributed by atoms with Crippen LogP contribution >= 0.6 is 0 Å². The van der Waals surface area contributed by atoms with Crippen molar-refractivity contribution in [2.45, 2.75) is 6.92 Å². The monoisotopic (exact) mass is 216 g/mol. The molecule has 0 unspecified atom stereocenters. The summed E-state index contributed by atoms with van der Waals surface area (Å²) in [6.07, 6.45) is 0. The largest absolute Gasteiger partial charge is 0.465 e. The first-order valence-corrected chi connectivity index (χ1v) is 4.44. The van der Waals surface area contributed by atoms with E-state index in [1.54, 1.807) is 6.92 Å². The fourth-order valence-electron chi connectivity index (χ4n) is 0.739. The Bertz CT molecular complexity index is 254. The number of nitrogens with one attached hydrogen (secondary N) is 2.